The molecule has 1 fully saturated rings. The van der Waals surface area contributed by atoms with Gasteiger partial charge in [0.05, 0.1) is 12.7 Å². The Bertz CT molecular complexity index is 430. The van der Waals surface area contributed by atoms with E-state index in [1.54, 1.807) is 17.9 Å². The predicted molar refractivity (Wildman–Crippen MR) is 50.6 cm³/mol. The molecule has 0 spiro atoms. The van der Waals surface area contributed by atoms with E-state index in [1.807, 2.05) is 6.20 Å². The number of amides is 2. The molecular weight excluding hydrogens is 198 g/mol. The van der Waals surface area contributed by atoms with Crippen molar-refractivity contribution >= 4 is 17.8 Å². The van der Waals surface area contributed by atoms with E-state index < -0.39 is 11.8 Å². The van der Waals surface area contributed by atoms with Gasteiger partial charge in [-0.3, -0.25) is 24.9 Å². The molecule has 0 aromatic carbocycles. The molecule has 78 valence electrons. The average molecular weight is 207 g/mol. The summed E-state index contributed by atoms with van der Waals surface area (Å²) in [5.74, 6) is -1.17. The fourth-order valence-electron chi connectivity index (χ4n) is 1.16. The van der Waals surface area contributed by atoms with Gasteiger partial charge >= 0.3 is 11.8 Å². The second-order valence-corrected chi connectivity index (χ2v) is 3.10. The highest BCUT2D eigenvalue weighted by atomic mass is 16.2. The van der Waals surface area contributed by atoms with Crippen LogP contribution in [0.25, 0.3) is 0 Å². The van der Waals surface area contributed by atoms with Gasteiger partial charge in [-0.2, -0.15) is 5.10 Å². The molecule has 2 heterocycles. The molecular formula is C8H9N5O2. The van der Waals surface area contributed by atoms with Crippen molar-refractivity contribution in [2.24, 2.45) is 12.0 Å². The van der Waals surface area contributed by atoms with E-state index in [1.165, 1.54) is 0 Å². The highest BCUT2D eigenvalue weighted by Gasteiger charge is 2.24. The Hall–Kier alpha value is -2.18. The second-order valence-electron chi connectivity index (χ2n) is 3.10. The van der Waals surface area contributed by atoms with Crippen molar-refractivity contribution in [3.63, 3.8) is 0 Å². The minimum atomic E-state index is -0.681. The molecule has 1 aromatic heterocycles. The van der Waals surface area contributed by atoms with Crippen LogP contribution in [0.3, 0.4) is 0 Å². The molecule has 15 heavy (non-hydrogen) atoms. The number of aromatic nitrogens is 2. The van der Waals surface area contributed by atoms with Gasteiger partial charge in [-0.25, -0.2) is 4.99 Å². The van der Waals surface area contributed by atoms with Gasteiger partial charge in [0.1, 0.15) is 0 Å². The number of carbonyl (C=O) groups excluding carboxylic acids is 2. The lowest BCUT2D eigenvalue weighted by Gasteiger charge is -1.94. The first-order chi connectivity index (χ1) is 7.15. The maximum absolute atomic E-state index is 10.8. The fraction of sp³-hybridized carbons (Fsp3) is 0.250. The molecule has 2 rings (SSSR count). The highest BCUT2D eigenvalue weighted by molar-refractivity contribution is 6.45. The summed E-state index contributed by atoms with van der Waals surface area (Å²) in [6.45, 7) is 0.365. The molecule has 1 saturated heterocycles. The quantitative estimate of drug-likeness (QED) is 0.580. The molecule has 1 aliphatic rings. The van der Waals surface area contributed by atoms with E-state index in [9.17, 15) is 9.59 Å². The number of aryl methyl sites for hydroxylation is 1. The Morgan fingerprint density at radius 2 is 2.07 bits per heavy atom. The highest BCUT2D eigenvalue weighted by Crippen LogP contribution is 1.98. The van der Waals surface area contributed by atoms with Crippen LogP contribution in [-0.2, 0) is 23.2 Å². The molecule has 1 aromatic rings. The molecule has 0 saturated carbocycles. The largest absolute Gasteiger partial charge is 0.316 e. The van der Waals surface area contributed by atoms with Gasteiger partial charge in [-0.15, -0.1) is 0 Å². The number of nitrogens with one attached hydrogen (secondary N) is 2. The van der Waals surface area contributed by atoms with Crippen molar-refractivity contribution in [3.8, 4) is 0 Å². The maximum atomic E-state index is 10.8. The van der Waals surface area contributed by atoms with Crippen molar-refractivity contribution in [1.82, 2.24) is 20.4 Å². The van der Waals surface area contributed by atoms with E-state index in [2.05, 4.69) is 20.7 Å². The van der Waals surface area contributed by atoms with E-state index in [-0.39, 0.29) is 5.96 Å². The van der Waals surface area contributed by atoms with E-state index in [0.29, 0.717) is 6.54 Å². The second kappa shape index (κ2) is 3.52. The minimum absolute atomic E-state index is 0.189. The van der Waals surface area contributed by atoms with Gasteiger partial charge in [0.15, 0.2) is 0 Å². The summed E-state index contributed by atoms with van der Waals surface area (Å²) in [5.41, 5.74) is 0.903. The minimum Gasteiger partial charge on any atom is -0.288 e. The van der Waals surface area contributed by atoms with Crippen LogP contribution in [0.4, 0.5) is 0 Å². The number of hydrogen-bond acceptors (Lipinski definition) is 4. The summed E-state index contributed by atoms with van der Waals surface area (Å²) in [7, 11) is 1.80. The lowest BCUT2D eigenvalue weighted by atomic mass is 10.4. The Kier molecular flexibility index (Phi) is 2.20. The first-order valence-electron chi connectivity index (χ1n) is 4.29. The number of guanidine groups is 1. The summed E-state index contributed by atoms with van der Waals surface area (Å²) >= 11 is 0. The smallest absolute Gasteiger partial charge is 0.288 e. The molecule has 0 bridgehead atoms. The Morgan fingerprint density at radius 1 is 1.40 bits per heavy atom. The summed E-state index contributed by atoms with van der Waals surface area (Å²) in [4.78, 5) is 25.6. The molecule has 0 radical (unpaired) electrons. The van der Waals surface area contributed by atoms with Crippen LogP contribution in [0.5, 0.6) is 0 Å². The van der Waals surface area contributed by atoms with Crippen LogP contribution in [-0.4, -0.2) is 27.6 Å². The van der Waals surface area contributed by atoms with Crippen LogP contribution < -0.4 is 10.6 Å². The maximum Gasteiger partial charge on any atom is 0.316 e. The number of aliphatic imine (C=N–C) groups is 1. The third-order valence-corrected chi connectivity index (χ3v) is 1.85. The van der Waals surface area contributed by atoms with Crippen LogP contribution in [0.1, 0.15) is 5.56 Å². The van der Waals surface area contributed by atoms with E-state index in [0.717, 1.165) is 5.56 Å². The van der Waals surface area contributed by atoms with Crippen LogP contribution in [0, 0.1) is 0 Å². The number of hydrogen-bond donors (Lipinski definition) is 2. The first kappa shape index (κ1) is 9.38. The van der Waals surface area contributed by atoms with Gasteiger partial charge in [0.25, 0.3) is 0 Å². The Morgan fingerprint density at radius 3 is 2.60 bits per heavy atom. The third-order valence-electron chi connectivity index (χ3n) is 1.85. The monoisotopic (exact) mass is 207 g/mol. The van der Waals surface area contributed by atoms with E-state index in [4.69, 9.17) is 0 Å². The van der Waals surface area contributed by atoms with Gasteiger partial charge < -0.3 is 0 Å². The lowest BCUT2D eigenvalue weighted by molar-refractivity contribution is -0.135. The standard InChI is InChI=1S/C8H9N5O2/c1-13-4-5(3-10-13)2-9-8-11-6(14)7(15)12-8/h3-4H,2H2,1H3,(H2,9,11,12,14,15). The number of rotatable bonds is 2. The Balaban J connectivity index is 2.01. The van der Waals surface area contributed by atoms with Crippen LogP contribution >= 0.6 is 0 Å². The molecule has 2 amide bonds. The van der Waals surface area contributed by atoms with Gasteiger partial charge in [0.2, 0.25) is 5.96 Å². The van der Waals surface area contributed by atoms with Gasteiger partial charge in [-0.05, 0) is 0 Å². The molecule has 7 heteroatoms. The molecule has 1 aliphatic heterocycles. The molecule has 2 N–H and O–H groups in total. The lowest BCUT2D eigenvalue weighted by Crippen LogP contribution is -2.25. The Labute approximate surface area is 85.2 Å². The predicted octanol–water partition coefficient (Wildman–Crippen LogP) is -1.48. The number of nitrogens with zero attached hydrogens (tertiary/aromatic N) is 3. The van der Waals surface area contributed by atoms with Crippen molar-refractivity contribution < 1.29 is 9.59 Å². The topological polar surface area (TPSA) is 88.4 Å². The summed E-state index contributed by atoms with van der Waals surface area (Å²) in [6.07, 6.45) is 3.48. The SMILES string of the molecule is Cn1cc(CN=C2NC(=O)C(=O)N2)cn1. The van der Waals surface area contributed by atoms with Crippen LogP contribution in [0.15, 0.2) is 17.4 Å². The van der Waals surface area contributed by atoms with Crippen molar-refractivity contribution in [2.45, 2.75) is 6.54 Å². The van der Waals surface area contributed by atoms with Crippen molar-refractivity contribution in [2.75, 3.05) is 0 Å². The zero-order valence-corrected chi connectivity index (χ0v) is 8.02. The summed E-state index contributed by atoms with van der Waals surface area (Å²) in [6, 6.07) is 0. The molecule has 0 unspecified atom stereocenters. The fourth-order valence-corrected chi connectivity index (χ4v) is 1.16. The summed E-state index contributed by atoms with van der Waals surface area (Å²) < 4.78 is 1.65. The summed E-state index contributed by atoms with van der Waals surface area (Å²) in [5, 5.41) is 8.57. The van der Waals surface area contributed by atoms with E-state index >= 15 is 0 Å². The number of carbonyl (C=O) groups is 2. The normalized spacial score (nSPS) is 15.1. The van der Waals surface area contributed by atoms with Crippen LogP contribution in [0.2, 0.25) is 0 Å². The first-order valence-corrected chi connectivity index (χ1v) is 4.29. The third kappa shape index (κ3) is 2.01. The van der Waals surface area contributed by atoms with Crippen molar-refractivity contribution in [1.29, 1.82) is 0 Å². The molecule has 0 aliphatic carbocycles. The average Bonchev–Trinajstić information content (AvgIpc) is 2.72. The van der Waals surface area contributed by atoms with Gasteiger partial charge in [0, 0.05) is 18.8 Å². The molecule has 0 atom stereocenters. The van der Waals surface area contributed by atoms with Gasteiger partial charge in [-0.1, -0.05) is 0 Å². The molecule has 7 nitrogen and oxygen atoms in total. The zero-order chi connectivity index (χ0) is 10.8. The van der Waals surface area contributed by atoms with Crippen molar-refractivity contribution in [3.05, 3.63) is 18.0 Å². The zero-order valence-electron chi connectivity index (χ0n) is 8.02.